The molecule has 1 unspecified atom stereocenters. The fourth-order valence-corrected chi connectivity index (χ4v) is 5.59. The van der Waals surface area contributed by atoms with Gasteiger partial charge >= 0.3 is 6.16 Å². The number of carbonyl (C=O) groups is 3. The minimum Gasteiger partial charge on any atom is -0.432 e. The van der Waals surface area contributed by atoms with Crippen LogP contribution in [0.1, 0.15) is 72.5 Å². The number of hydrogen-bond acceptors (Lipinski definition) is 8. The van der Waals surface area contributed by atoms with Crippen LogP contribution in [0, 0.1) is 5.92 Å². The van der Waals surface area contributed by atoms with Crippen molar-refractivity contribution in [2.24, 2.45) is 11.7 Å². The zero-order valence-electron chi connectivity index (χ0n) is 25.8. The average molecular weight is 613 g/mol. The third-order valence-electron chi connectivity index (χ3n) is 7.91. The molecule has 0 fully saturated rings. The Labute approximate surface area is 262 Å². The number of carbonyl (C=O) groups excluding carboxylic acids is 3. The van der Waals surface area contributed by atoms with Crippen molar-refractivity contribution in [1.82, 2.24) is 25.8 Å². The number of benzene rings is 3. The zero-order valence-corrected chi connectivity index (χ0v) is 25.8. The quantitative estimate of drug-likeness (QED) is 0.108. The fourth-order valence-electron chi connectivity index (χ4n) is 5.59. The Morgan fingerprint density at radius 3 is 2.64 bits per heavy atom. The Balaban J connectivity index is 1.34. The highest BCUT2D eigenvalue weighted by atomic mass is 16.8. The van der Waals surface area contributed by atoms with Crippen LogP contribution in [0.15, 0.2) is 60.7 Å². The smallest absolute Gasteiger partial charge is 0.432 e. The molecule has 1 atom stereocenters. The first-order valence-corrected chi connectivity index (χ1v) is 15.5. The Morgan fingerprint density at radius 1 is 0.978 bits per heavy atom. The summed E-state index contributed by atoms with van der Waals surface area (Å²) in [5.74, 6) is 0.0861. The molecule has 4 aromatic rings. The Hall–Kier alpha value is -4.77. The van der Waals surface area contributed by atoms with Crippen LogP contribution in [0.5, 0.6) is 0 Å². The first-order chi connectivity index (χ1) is 21.9. The van der Waals surface area contributed by atoms with E-state index in [-0.39, 0.29) is 24.3 Å². The summed E-state index contributed by atoms with van der Waals surface area (Å²) in [5, 5.41) is 13.8. The van der Waals surface area contributed by atoms with Gasteiger partial charge in [-0.15, -0.1) is 5.10 Å². The zero-order chi connectivity index (χ0) is 31.8. The van der Waals surface area contributed by atoms with Crippen LogP contribution in [0.3, 0.4) is 0 Å². The molecule has 4 N–H and O–H groups in total. The van der Waals surface area contributed by atoms with Crippen molar-refractivity contribution in [3.63, 3.8) is 0 Å². The maximum Gasteiger partial charge on any atom is 0.535 e. The second-order valence-electron chi connectivity index (χ2n) is 11.6. The van der Waals surface area contributed by atoms with E-state index in [2.05, 4.69) is 40.9 Å². The van der Waals surface area contributed by atoms with Crippen molar-refractivity contribution >= 4 is 29.0 Å². The maximum atomic E-state index is 13.2. The molecule has 11 nitrogen and oxygen atoms in total. The minimum absolute atomic E-state index is 0.00851. The van der Waals surface area contributed by atoms with Crippen LogP contribution in [-0.2, 0) is 16.0 Å². The summed E-state index contributed by atoms with van der Waals surface area (Å²) in [6, 6.07) is 18.9. The van der Waals surface area contributed by atoms with Crippen LogP contribution in [-0.4, -0.2) is 59.4 Å². The number of nitrogens with one attached hydrogen (secondary N) is 2. The average Bonchev–Trinajstić information content (AvgIpc) is 3.58. The van der Waals surface area contributed by atoms with Gasteiger partial charge < -0.3 is 21.1 Å². The molecule has 236 valence electrons. The first kappa shape index (κ1) is 31.6. The lowest BCUT2D eigenvalue weighted by Gasteiger charge is -2.15. The van der Waals surface area contributed by atoms with E-state index >= 15 is 0 Å². The molecule has 3 aromatic carbocycles. The molecule has 0 bridgehead atoms. The minimum atomic E-state index is -0.920. The molecule has 0 saturated heterocycles. The Morgan fingerprint density at radius 2 is 1.82 bits per heavy atom. The number of rotatable bonds is 14. The molecule has 0 aliphatic heterocycles. The fraction of sp³-hybridized carbons (Fsp3) is 0.382. The Kier molecular flexibility index (Phi) is 10.4. The monoisotopic (exact) mass is 612 g/mol. The maximum absolute atomic E-state index is 13.2. The lowest BCUT2D eigenvalue weighted by atomic mass is 9.95. The van der Waals surface area contributed by atoms with Gasteiger partial charge in [-0.05, 0) is 89.4 Å². The van der Waals surface area contributed by atoms with Crippen molar-refractivity contribution < 1.29 is 24.0 Å². The number of fused-ring (bicyclic) bond motifs is 4. The molecule has 1 aliphatic carbocycles. The van der Waals surface area contributed by atoms with Gasteiger partial charge in [0.1, 0.15) is 17.6 Å². The van der Waals surface area contributed by atoms with E-state index in [4.69, 9.17) is 15.3 Å². The predicted molar refractivity (Wildman–Crippen MR) is 171 cm³/mol. The lowest BCUT2D eigenvalue weighted by Crippen LogP contribution is -2.26. The molecular weight excluding hydrogens is 572 g/mol. The normalized spacial score (nSPS) is 13.4. The summed E-state index contributed by atoms with van der Waals surface area (Å²) in [5.41, 5.74) is 11.9. The van der Waals surface area contributed by atoms with E-state index in [9.17, 15) is 14.4 Å². The van der Waals surface area contributed by atoms with Gasteiger partial charge in [-0.3, -0.25) is 14.4 Å². The van der Waals surface area contributed by atoms with Crippen LogP contribution in [0.25, 0.3) is 22.2 Å². The molecule has 11 heteroatoms. The summed E-state index contributed by atoms with van der Waals surface area (Å²) < 4.78 is 5.63. The van der Waals surface area contributed by atoms with E-state index in [1.54, 1.807) is 24.3 Å². The van der Waals surface area contributed by atoms with Crippen LogP contribution in [0.2, 0.25) is 0 Å². The molecular formula is C34H40N6O5. The molecule has 0 spiro atoms. The van der Waals surface area contributed by atoms with Crippen molar-refractivity contribution in [2.75, 3.05) is 26.2 Å². The van der Waals surface area contributed by atoms with Crippen LogP contribution >= 0.6 is 0 Å². The van der Waals surface area contributed by atoms with Crippen LogP contribution in [0.4, 0.5) is 4.79 Å². The van der Waals surface area contributed by atoms with Gasteiger partial charge in [0, 0.05) is 31.0 Å². The van der Waals surface area contributed by atoms with E-state index in [1.807, 2.05) is 30.3 Å². The highest BCUT2D eigenvalue weighted by Gasteiger charge is 2.33. The summed E-state index contributed by atoms with van der Waals surface area (Å²) in [7, 11) is 0. The molecule has 0 radical (unpaired) electrons. The van der Waals surface area contributed by atoms with E-state index in [1.165, 1.54) is 0 Å². The molecule has 0 saturated carbocycles. The van der Waals surface area contributed by atoms with E-state index in [0.29, 0.717) is 67.8 Å². The number of para-hydroxylation sites is 1. The number of amides is 2. The third kappa shape index (κ3) is 7.66. The SMILES string of the molecule is CC(C)CCNC(=O)CCCc1ccc2c(c1)C(COC(=O)On1nnc3ccccc31)c1cccc(C(=O)NCCCN)c1-2. The largest absolute Gasteiger partial charge is 0.535 e. The number of aromatic nitrogens is 3. The van der Waals surface area contributed by atoms with Gasteiger partial charge in [0.2, 0.25) is 5.91 Å². The molecule has 45 heavy (non-hydrogen) atoms. The summed E-state index contributed by atoms with van der Waals surface area (Å²) in [6.07, 6.45) is 2.57. The highest BCUT2D eigenvalue weighted by Crippen LogP contribution is 2.47. The van der Waals surface area contributed by atoms with Gasteiger partial charge in [0.25, 0.3) is 5.91 Å². The standard InChI is InChI=1S/C34H40N6O5/c1-22(2)16-19-36-31(41)13-5-8-23-14-15-25-27(20-23)28(24-9-6-10-26(32(24)25)33(42)37-18-7-17-35)21-44-34(43)45-40-30-12-4-3-11-29(30)38-39-40/h3-4,6,9-12,14-15,20,22,28H,5,7-8,13,16-19,21,35H2,1-2H3,(H,36,41)(H,37,42). The molecule has 2 amide bonds. The van der Waals surface area contributed by atoms with Crippen molar-refractivity contribution in [3.8, 4) is 11.1 Å². The second kappa shape index (κ2) is 14.8. The molecule has 5 rings (SSSR count). The lowest BCUT2D eigenvalue weighted by molar-refractivity contribution is -0.121. The molecule has 1 aromatic heterocycles. The number of hydrogen-bond donors (Lipinski definition) is 3. The molecule has 1 aliphatic rings. The topological polar surface area (TPSA) is 150 Å². The number of nitrogens with two attached hydrogens (primary N) is 1. The van der Waals surface area contributed by atoms with Crippen molar-refractivity contribution in [3.05, 3.63) is 82.9 Å². The van der Waals surface area contributed by atoms with Gasteiger partial charge in [0.05, 0.1) is 0 Å². The number of ether oxygens (including phenoxy) is 1. The van der Waals surface area contributed by atoms with Crippen LogP contribution < -0.4 is 21.2 Å². The van der Waals surface area contributed by atoms with E-state index in [0.717, 1.165) is 39.1 Å². The summed E-state index contributed by atoms with van der Waals surface area (Å²) in [6.45, 7) is 5.91. The third-order valence-corrected chi connectivity index (χ3v) is 7.91. The predicted octanol–water partition coefficient (Wildman–Crippen LogP) is 4.37. The second-order valence-corrected chi connectivity index (χ2v) is 11.6. The summed E-state index contributed by atoms with van der Waals surface area (Å²) >= 11 is 0. The summed E-state index contributed by atoms with van der Waals surface area (Å²) in [4.78, 5) is 44.7. The van der Waals surface area contributed by atoms with Gasteiger partial charge in [-0.2, -0.15) is 0 Å². The van der Waals surface area contributed by atoms with Gasteiger partial charge in [-0.25, -0.2) is 4.79 Å². The first-order valence-electron chi connectivity index (χ1n) is 15.5. The van der Waals surface area contributed by atoms with Crippen molar-refractivity contribution in [2.45, 2.75) is 51.9 Å². The van der Waals surface area contributed by atoms with Crippen molar-refractivity contribution in [1.29, 1.82) is 0 Å². The Bertz CT molecular complexity index is 1670. The highest BCUT2D eigenvalue weighted by molar-refractivity contribution is 6.03. The number of aryl methyl sites for hydroxylation is 1. The molecule has 1 heterocycles. The number of nitrogens with zero attached hydrogens (tertiary/aromatic N) is 3. The van der Waals surface area contributed by atoms with E-state index < -0.39 is 6.16 Å². The van der Waals surface area contributed by atoms with Gasteiger partial charge in [0.15, 0.2) is 0 Å². The van der Waals surface area contributed by atoms with Gasteiger partial charge in [-0.1, -0.05) is 61.2 Å².